The zero-order valence-corrected chi connectivity index (χ0v) is 26.6. The number of hydrogen-bond donors (Lipinski definition) is 2. The van der Waals surface area contributed by atoms with Gasteiger partial charge in [0.05, 0.1) is 25.3 Å². The molecule has 0 bridgehead atoms. The van der Waals surface area contributed by atoms with Gasteiger partial charge in [-0.1, -0.05) is 12.7 Å². The van der Waals surface area contributed by atoms with E-state index < -0.39 is 0 Å². The first-order valence-electron chi connectivity index (χ1n) is 14.9. The fraction of sp³-hybridized carbons (Fsp3) is 0.343. The Morgan fingerprint density at radius 3 is 2.29 bits per heavy atom. The molecule has 0 fully saturated rings. The Morgan fingerprint density at radius 2 is 1.64 bits per heavy atom. The monoisotopic (exact) mass is 610 g/mol. The molecule has 5 rings (SSSR count). The Morgan fingerprint density at radius 1 is 0.978 bits per heavy atom. The van der Waals surface area contributed by atoms with Crippen LogP contribution in [0.15, 0.2) is 39.6 Å². The predicted molar refractivity (Wildman–Crippen MR) is 172 cm³/mol. The van der Waals surface area contributed by atoms with Crippen molar-refractivity contribution in [2.75, 3.05) is 14.2 Å². The van der Waals surface area contributed by atoms with Crippen molar-refractivity contribution in [3.63, 3.8) is 0 Å². The number of aromatic amines is 1. The van der Waals surface area contributed by atoms with Gasteiger partial charge in [-0.15, -0.1) is 0 Å². The summed E-state index contributed by atoms with van der Waals surface area (Å²) in [5.41, 5.74) is 10.2. The zero-order chi connectivity index (χ0) is 32.6. The quantitative estimate of drug-likeness (QED) is 0.419. The lowest BCUT2D eigenvalue weighted by Gasteiger charge is -2.06. The van der Waals surface area contributed by atoms with Crippen LogP contribution in [0.2, 0.25) is 0 Å². The molecule has 3 aliphatic heterocycles. The summed E-state index contributed by atoms with van der Waals surface area (Å²) in [6, 6.07) is 0. The molecule has 0 saturated carbocycles. The third-order valence-corrected chi connectivity index (χ3v) is 9.04. The van der Waals surface area contributed by atoms with Crippen molar-refractivity contribution in [3.05, 3.63) is 78.9 Å². The summed E-state index contributed by atoms with van der Waals surface area (Å²) in [7, 11) is 2.67. The number of nitrogens with one attached hydrogen (secondary N) is 2. The summed E-state index contributed by atoms with van der Waals surface area (Å²) >= 11 is 0. The standard InChI is InChI=1S/C35H38N4O6/c1-8-22-21(5)30-17-29-23(18(2)26(36-29)15-27-19(3)24(34(42)37-27)9-11-32(40)44-6)13-14-39(30)31(22)16-28-20(4)25(35(43)38-28)10-12-33(41)45-7/h8,15-17,36H,1,9-14H2,2-7H3,(H,37,42). The smallest absolute Gasteiger partial charge is 0.305 e. The molecule has 10 heteroatoms. The molecule has 0 aromatic carbocycles. The minimum atomic E-state index is -0.365. The SMILES string of the molecule is C=Cc1c(C)c2n(c1=CC1=NC(=O)C(CCC(=O)OC)=C1C)CCc1c([nH]c(C=C3NC(=O)C(CCC(=O)OC)=C3C)c1C)C=2. The maximum atomic E-state index is 12.7. The van der Waals surface area contributed by atoms with Crippen LogP contribution >= 0.6 is 0 Å². The number of ether oxygens (including phenoxy) is 2. The summed E-state index contributed by atoms with van der Waals surface area (Å²) in [6.45, 7) is 12.6. The van der Waals surface area contributed by atoms with Crippen LogP contribution in [0.5, 0.6) is 0 Å². The van der Waals surface area contributed by atoms with E-state index in [4.69, 9.17) is 9.47 Å². The highest BCUT2D eigenvalue weighted by Crippen LogP contribution is 2.29. The first kappa shape index (κ1) is 31.4. The van der Waals surface area contributed by atoms with E-state index in [-0.39, 0.29) is 43.0 Å². The number of esters is 2. The highest BCUT2D eigenvalue weighted by Gasteiger charge is 2.27. The van der Waals surface area contributed by atoms with Crippen molar-refractivity contribution >= 4 is 53.8 Å². The summed E-state index contributed by atoms with van der Waals surface area (Å²) in [5.74, 6) is -1.23. The maximum Gasteiger partial charge on any atom is 0.305 e. The van der Waals surface area contributed by atoms with Crippen molar-refractivity contribution in [1.82, 2.24) is 14.9 Å². The number of amides is 2. The van der Waals surface area contributed by atoms with Crippen LogP contribution in [0.25, 0.3) is 24.3 Å². The fourth-order valence-corrected chi connectivity index (χ4v) is 6.29. The van der Waals surface area contributed by atoms with Crippen LogP contribution in [0.3, 0.4) is 0 Å². The van der Waals surface area contributed by atoms with E-state index in [1.807, 2.05) is 32.1 Å². The molecule has 0 radical (unpaired) electrons. The number of H-pyrrole nitrogens is 1. The number of rotatable bonds is 9. The van der Waals surface area contributed by atoms with Gasteiger partial charge in [0, 0.05) is 58.5 Å². The van der Waals surface area contributed by atoms with Crippen LogP contribution < -0.4 is 16.0 Å². The second-order valence-electron chi connectivity index (χ2n) is 11.4. The van der Waals surface area contributed by atoms with Gasteiger partial charge in [0.1, 0.15) is 0 Å². The minimum absolute atomic E-state index is 0.124. The van der Waals surface area contributed by atoms with Crippen molar-refractivity contribution in [2.24, 2.45) is 4.99 Å². The van der Waals surface area contributed by atoms with Gasteiger partial charge in [-0.05, 0) is 93.0 Å². The summed E-state index contributed by atoms with van der Waals surface area (Å²) < 4.78 is 11.7. The number of nitrogens with zero attached hydrogens (tertiary/aromatic N) is 2. The Balaban J connectivity index is 1.53. The van der Waals surface area contributed by atoms with Gasteiger partial charge in [-0.3, -0.25) is 19.2 Å². The zero-order valence-electron chi connectivity index (χ0n) is 26.6. The van der Waals surface area contributed by atoms with E-state index in [1.54, 1.807) is 0 Å². The van der Waals surface area contributed by atoms with Crippen LogP contribution in [0, 0.1) is 13.8 Å². The lowest BCUT2D eigenvalue weighted by atomic mass is 10.0. The molecule has 2 amide bonds. The number of allylic oxidation sites excluding steroid dienone is 2. The van der Waals surface area contributed by atoms with E-state index in [2.05, 4.69) is 46.4 Å². The number of aliphatic imine (C=N–C) groups is 1. The molecule has 5 heterocycles. The van der Waals surface area contributed by atoms with E-state index in [9.17, 15) is 19.2 Å². The molecule has 2 aromatic rings. The topological polar surface area (TPSA) is 132 Å². The van der Waals surface area contributed by atoms with E-state index in [1.165, 1.54) is 19.8 Å². The second kappa shape index (κ2) is 12.6. The van der Waals surface area contributed by atoms with E-state index in [0.29, 0.717) is 35.5 Å². The van der Waals surface area contributed by atoms with Gasteiger partial charge in [-0.2, -0.15) is 0 Å². The number of methoxy groups -OCH3 is 2. The van der Waals surface area contributed by atoms with Gasteiger partial charge >= 0.3 is 11.9 Å². The average molecular weight is 611 g/mol. The molecule has 0 unspecified atom stereocenters. The lowest BCUT2D eigenvalue weighted by Crippen LogP contribution is -2.29. The molecule has 0 atom stereocenters. The first-order valence-corrected chi connectivity index (χ1v) is 14.9. The largest absolute Gasteiger partial charge is 0.469 e. The van der Waals surface area contributed by atoms with Crippen molar-refractivity contribution in [3.8, 4) is 0 Å². The maximum absolute atomic E-state index is 12.7. The number of carbonyl (C=O) groups is 4. The van der Waals surface area contributed by atoms with E-state index in [0.717, 1.165) is 56.3 Å². The Labute approximate surface area is 261 Å². The van der Waals surface area contributed by atoms with Crippen LogP contribution in [-0.2, 0) is 41.6 Å². The van der Waals surface area contributed by atoms with Crippen molar-refractivity contribution in [2.45, 2.75) is 66.3 Å². The van der Waals surface area contributed by atoms with Crippen LogP contribution in [-0.4, -0.2) is 53.2 Å². The van der Waals surface area contributed by atoms with Crippen molar-refractivity contribution in [1.29, 1.82) is 0 Å². The van der Waals surface area contributed by atoms with Gasteiger partial charge < -0.3 is 24.3 Å². The Bertz CT molecular complexity index is 1930. The number of carbonyl (C=O) groups excluding carboxylic acids is 4. The summed E-state index contributed by atoms with van der Waals surface area (Å²) in [6.07, 6.45) is 9.50. The Hall–Kier alpha value is -4.99. The molecule has 10 nitrogen and oxygen atoms in total. The molecule has 0 spiro atoms. The average Bonchev–Trinajstić information content (AvgIpc) is 3.59. The van der Waals surface area contributed by atoms with Crippen LogP contribution in [0.4, 0.5) is 0 Å². The third-order valence-electron chi connectivity index (χ3n) is 9.04. The lowest BCUT2D eigenvalue weighted by molar-refractivity contribution is -0.141. The number of hydrogen-bond acceptors (Lipinski definition) is 6. The molecular formula is C35H38N4O6. The highest BCUT2D eigenvalue weighted by molar-refractivity contribution is 6.30. The second-order valence-corrected chi connectivity index (χ2v) is 11.4. The molecular weight excluding hydrogens is 572 g/mol. The summed E-state index contributed by atoms with van der Waals surface area (Å²) in [5, 5.41) is 4.91. The van der Waals surface area contributed by atoms with Gasteiger partial charge in [-0.25, -0.2) is 4.99 Å². The molecule has 0 saturated heterocycles. The molecule has 2 N–H and O–H groups in total. The minimum Gasteiger partial charge on any atom is -0.469 e. The number of fused-ring (bicyclic) bond motifs is 2. The first-order chi connectivity index (χ1) is 21.5. The fourth-order valence-electron chi connectivity index (χ4n) is 6.29. The third kappa shape index (κ3) is 5.80. The molecule has 45 heavy (non-hydrogen) atoms. The predicted octanol–water partition coefficient (Wildman–Crippen LogP) is 3.23. The van der Waals surface area contributed by atoms with Gasteiger partial charge in [0.15, 0.2) is 0 Å². The van der Waals surface area contributed by atoms with Gasteiger partial charge in [0.25, 0.3) is 11.8 Å². The molecule has 3 aliphatic rings. The van der Waals surface area contributed by atoms with Gasteiger partial charge in [0.2, 0.25) is 0 Å². The highest BCUT2D eigenvalue weighted by atomic mass is 16.5. The van der Waals surface area contributed by atoms with Crippen molar-refractivity contribution < 1.29 is 28.7 Å². The molecule has 2 aromatic heterocycles. The van der Waals surface area contributed by atoms with E-state index >= 15 is 0 Å². The van der Waals surface area contributed by atoms with Crippen LogP contribution in [0.1, 0.15) is 73.2 Å². The number of aromatic nitrogens is 2. The summed E-state index contributed by atoms with van der Waals surface area (Å²) in [4.78, 5) is 56.6. The Kier molecular flexibility index (Phi) is 8.77. The normalized spacial score (nSPS) is 17.2. The molecule has 234 valence electrons. The molecule has 0 aliphatic carbocycles.